The minimum absolute atomic E-state index is 0.115. The van der Waals surface area contributed by atoms with Crippen LogP contribution in [0.2, 0.25) is 0 Å². The second-order valence-electron chi connectivity index (χ2n) is 4.90. The maximum Gasteiger partial charge on any atom is 0.121 e. The van der Waals surface area contributed by atoms with E-state index in [9.17, 15) is 5.11 Å². The normalized spacial score (nSPS) is 12.5. The minimum atomic E-state index is -0.726. The summed E-state index contributed by atoms with van der Waals surface area (Å²) < 4.78 is 5.63. The topological polar surface area (TPSA) is 42.4 Å². The molecule has 0 aliphatic rings. The number of aliphatic hydroxyl groups excluding tert-OH is 1. The molecule has 0 saturated heterocycles. The lowest BCUT2D eigenvalue weighted by Gasteiger charge is -2.14. The third-order valence-corrected chi connectivity index (χ3v) is 2.76. The average Bonchev–Trinajstić information content (AvgIpc) is 2.37. The van der Waals surface area contributed by atoms with Gasteiger partial charge in [0.25, 0.3) is 0 Å². The van der Waals surface area contributed by atoms with Gasteiger partial charge in [-0.1, -0.05) is 12.1 Å². The molecule has 3 heteroatoms. The first-order valence-electron chi connectivity index (χ1n) is 6.43. The zero-order valence-corrected chi connectivity index (χ0v) is 11.5. The summed E-state index contributed by atoms with van der Waals surface area (Å²) in [6.07, 6.45) is 1.10. The Kier molecular flexibility index (Phi) is 4.17. The number of hydrogen-bond acceptors (Lipinski definition) is 3. The Morgan fingerprint density at radius 2 is 1.95 bits per heavy atom. The highest BCUT2D eigenvalue weighted by Crippen LogP contribution is 2.24. The van der Waals surface area contributed by atoms with Crippen molar-refractivity contribution in [3.05, 3.63) is 59.4 Å². The van der Waals surface area contributed by atoms with E-state index in [2.05, 4.69) is 4.98 Å². The predicted molar refractivity (Wildman–Crippen MR) is 75.2 cm³/mol. The summed E-state index contributed by atoms with van der Waals surface area (Å²) in [5, 5.41) is 10.4. The third-order valence-electron chi connectivity index (χ3n) is 2.76. The van der Waals surface area contributed by atoms with Gasteiger partial charge in [-0.2, -0.15) is 0 Å². The van der Waals surface area contributed by atoms with Gasteiger partial charge in [0, 0.05) is 6.20 Å². The summed E-state index contributed by atoms with van der Waals surface area (Å²) in [5.41, 5.74) is 2.52. The van der Waals surface area contributed by atoms with Crippen LogP contribution >= 0.6 is 0 Å². The summed E-state index contributed by atoms with van der Waals surface area (Å²) >= 11 is 0. The Morgan fingerprint density at radius 1 is 1.16 bits per heavy atom. The van der Waals surface area contributed by atoms with Crippen LogP contribution in [0.3, 0.4) is 0 Å². The third kappa shape index (κ3) is 3.55. The number of ether oxygens (including phenoxy) is 1. The Hall–Kier alpha value is -1.87. The van der Waals surface area contributed by atoms with Crippen molar-refractivity contribution in [2.24, 2.45) is 0 Å². The number of pyridine rings is 1. The summed E-state index contributed by atoms with van der Waals surface area (Å²) in [5.74, 6) is 0.763. The van der Waals surface area contributed by atoms with Gasteiger partial charge in [0.2, 0.25) is 0 Å². The molecular formula is C16H19NO2. The van der Waals surface area contributed by atoms with E-state index in [1.807, 2.05) is 57.2 Å². The van der Waals surface area contributed by atoms with Crippen LogP contribution in [0.5, 0.6) is 5.75 Å². The predicted octanol–water partition coefficient (Wildman–Crippen LogP) is 3.26. The van der Waals surface area contributed by atoms with E-state index in [0.29, 0.717) is 5.69 Å². The number of aromatic nitrogens is 1. The van der Waals surface area contributed by atoms with Crippen molar-refractivity contribution in [1.29, 1.82) is 0 Å². The molecule has 0 aliphatic heterocycles. The molecule has 0 radical (unpaired) electrons. The van der Waals surface area contributed by atoms with Gasteiger partial charge in [0.1, 0.15) is 11.9 Å². The van der Waals surface area contributed by atoms with Gasteiger partial charge in [0.15, 0.2) is 0 Å². The Bertz CT molecular complexity index is 552. The number of hydrogen-bond donors (Lipinski definition) is 1. The molecule has 1 heterocycles. The number of nitrogens with zero attached hydrogens (tertiary/aromatic N) is 1. The molecule has 1 N–H and O–H groups in total. The second kappa shape index (κ2) is 5.85. The van der Waals surface area contributed by atoms with Crippen molar-refractivity contribution in [3.8, 4) is 5.75 Å². The molecule has 1 atom stereocenters. The van der Waals surface area contributed by atoms with Gasteiger partial charge in [-0.05, 0) is 56.2 Å². The van der Waals surface area contributed by atoms with E-state index in [1.54, 1.807) is 6.20 Å². The first-order chi connectivity index (χ1) is 9.06. The van der Waals surface area contributed by atoms with Crippen molar-refractivity contribution in [3.63, 3.8) is 0 Å². The molecule has 0 aliphatic carbocycles. The highest BCUT2D eigenvalue weighted by molar-refractivity contribution is 5.34. The van der Waals surface area contributed by atoms with E-state index < -0.39 is 6.10 Å². The summed E-state index contributed by atoms with van der Waals surface area (Å²) in [4.78, 5) is 4.22. The summed E-state index contributed by atoms with van der Waals surface area (Å²) in [6.45, 7) is 5.94. The molecule has 0 saturated carbocycles. The van der Waals surface area contributed by atoms with Crippen LogP contribution in [0.4, 0.5) is 0 Å². The highest BCUT2D eigenvalue weighted by Gasteiger charge is 2.13. The van der Waals surface area contributed by atoms with E-state index >= 15 is 0 Å². The number of aryl methyl sites for hydroxylation is 1. The van der Waals surface area contributed by atoms with Crippen molar-refractivity contribution in [2.45, 2.75) is 33.0 Å². The molecular weight excluding hydrogens is 238 g/mol. The maximum atomic E-state index is 10.4. The molecule has 0 fully saturated rings. The van der Waals surface area contributed by atoms with Crippen LogP contribution in [-0.2, 0) is 0 Å². The summed E-state index contributed by atoms with van der Waals surface area (Å²) in [7, 11) is 0. The number of rotatable bonds is 4. The van der Waals surface area contributed by atoms with Crippen LogP contribution < -0.4 is 4.74 Å². The SMILES string of the molecule is Cc1ccnc(C(O)c2cccc(OC(C)C)c2)c1. The molecule has 19 heavy (non-hydrogen) atoms. The largest absolute Gasteiger partial charge is 0.491 e. The van der Waals surface area contributed by atoms with Crippen molar-refractivity contribution in [2.75, 3.05) is 0 Å². The fourth-order valence-electron chi connectivity index (χ4n) is 1.91. The Balaban J connectivity index is 2.26. The van der Waals surface area contributed by atoms with Gasteiger partial charge < -0.3 is 9.84 Å². The standard InChI is InChI=1S/C16H19NO2/c1-11(2)19-14-6-4-5-13(10-14)16(18)15-9-12(3)7-8-17-15/h4-11,16,18H,1-3H3. The van der Waals surface area contributed by atoms with Gasteiger partial charge >= 0.3 is 0 Å². The Labute approximate surface area is 113 Å². The van der Waals surface area contributed by atoms with Crippen molar-refractivity contribution < 1.29 is 9.84 Å². The molecule has 2 aromatic rings. The van der Waals surface area contributed by atoms with Gasteiger partial charge in [0.05, 0.1) is 11.8 Å². The number of aliphatic hydroxyl groups is 1. The lowest BCUT2D eigenvalue weighted by molar-refractivity contribution is 0.212. The van der Waals surface area contributed by atoms with Gasteiger partial charge in [-0.25, -0.2) is 0 Å². The smallest absolute Gasteiger partial charge is 0.121 e. The molecule has 0 amide bonds. The monoisotopic (exact) mass is 257 g/mol. The lowest BCUT2D eigenvalue weighted by Crippen LogP contribution is -2.07. The number of benzene rings is 1. The van der Waals surface area contributed by atoms with Crippen LogP contribution in [0.1, 0.15) is 36.8 Å². The maximum absolute atomic E-state index is 10.4. The lowest BCUT2D eigenvalue weighted by atomic mass is 10.0. The molecule has 1 aromatic carbocycles. The van der Waals surface area contributed by atoms with Gasteiger partial charge in [-0.3, -0.25) is 4.98 Å². The van der Waals surface area contributed by atoms with Crippen LogP contribution in [0, 0.1) is 6.92 Å². The first kappa shape index (κ1) is 13.6. The average molecular weight is 257 g/mol. The first-order valence-corrected chi connectivity index (χ1v) is 6.43. The van der Waals surface area contributed by atoms with Crippen LogP contribution in [-0.4, -0.2) is 16.2 Å². The minimum Gasteiger partial charge on any atom is -0.491 e. The van der Waals surface area contributed by atoms with E-state index in [0.717, 1.165) is 16.9 Å². The molecule has 2 rings (SSSR count). The molecule has 0 bridgehead atoms. The molecule has 1 aromatic heterocycles. The van der Waals surface area contributed by atoms with E-state index in [4.69, 9.17) is 4.74 Å². The summed E-state index contributed by atoms with van der Waals surface area (Å²) in [6, 6.07) is 11.3. The molecule has 100 valence electrons. The Morgan fingerprint density at radius 3 is 2.63 bits per heavy atom. The van der Waals surface area contributed by atoms with Crippen molar-refractivity contribution >= 4 is 0 Å². The van der Waals surface area contributed by atoms with Crippen molar-refractivity contribution in [1.82, 2.24) is 4.98 Å². The van der Waals surface area contributed by atoms with Gasteiger partial charge in [-0.15, -0.1) is 0 Å². The van der Waals surface area contributed by atoms with Crippen LogP contribution in [0.25, 0.3) is 0 Å². The molecule has 3 nitrogen and oxygen atoms in total. The quantitative estimate of drug-likeness (QED) is 0.914. The molecule has 1 unspecified atom stereocenters. The highest BCUT2D eigenvalue weighted by atomic mass is 16.5. The fourth-order valence-corrected chi connectivity index (χ4v) is 1.91. The van der Waals surface area contributed by atoms with E-state index in [-0.39, 0.29) is 6.10 Å². The zero-order chi connectivity index (χ0) is 13.8. The molecule has 0 spiro atoms. The van der Waals surface area contributed by atoms with E-state index in [1.165, 1.54) is 0 Å². The zero-order valence-electron chi connectivity index (χ0n) is 11.5. The fraction of sp³-hybridized carbons (Fsp3) is 0.312. The van der Waals surface area contributed by atoms with Crippen LogP contribution in [0.15, 0.2) is 42.6 Å². The second-order valence-corrected chi connectivity index (χ2v) is 4.90.